The largest absolute Gasteiger partial charge is 0.493 e. The Morgan fingerprint density at radius 2 is 1.78 bits per heavy atom. The first-order valence-electron chi connectivity index (χ1n) is 7.79. The molecule has 4 heteroatoms. The second-order valence-electron chi connectivity index (χ2n) is 5.32. The highest BCUT2D eigenvalue weighted by molar-refractivity contribution is 5.88. The van der Waals surface area contributed by atoms with Crippen LogP contribution in [0.1, 0.15) is 35.2 Å². The standard InChI is InChI=1S/C19H22O4/c1-22-17-12-11-16(19(20)21)14-18(17)23-13-7-3-6-10-15-8-4-2-5-9-15/h2,4-5,8-9,11-12,14H,3,6-7,10,13H2,1H3,(H,20,21). The van der Waals surface area contributed by atoms with Gasteiger partial charge >= 0.3 is 5.97 Å². The molecule has 23 heavy (non-hydrogen) atoms. The van der Waals surface area contributed by atoms with Crippen LogP contribution in [0.5, 0.6) is 11.5 Å². The van der Waals surface area contributed by atoms with Crippen molar-refractivity contribution in [2.24, 2.45) is 0 Å². The van der Waals surface area contributed by atoms with Gasteiger partial charge in [0, 0.05) is 0 Å². The van der Waals surface area contributed by atoms with E-state index in [0.29, 0.717) is 18.1 Å². The van der Waals surface area contributed by atoms with Crippen LogP contribution >= 0.6 is 0 Å². The molecule has 0 aliphatic carbocycles. The summed E-state index contributed by atoms with van der Waals surface area (Å²) in [6.07, 6.45) is 4.17. The number of carboxylic acids is 1. The molecular weight excluding hydrogens is 292 g/mol. The van der Waals surface area contributed by atoms with Crippen LogP contribution in [0.3, 0.4) is 0 Å². The summed E-state index contributed by atoms with van der Waals surface area (Å²) in [5, 5.41) is 9.03. The second kappa shape index (κ2) is 8.83. The molecule has 0 saturated heterocycles. The number of benzene rings is 2. The number of methoxy groups -OCH3 is 1. The summed E-state index contributed by atoms with van der Waals surface area (Å²) in [6.45, 7) is 0.550. The summed E-state index contributed by atoms with van der Waals surface area (Å²) in [6, 6.07) is 15.0. The lowest BCUT2D eigenvalue weighted by Crippen LogP contribution is -2.02. The number of unbranched alkanes of at least 4 members (excludes halogenated alkanes) is 2. The molecule has 0 fully saturated rings. The van der Waals surface area contributed by atoms with E-state index in [1.807, 2.05) is 6.07 Å². The molecule has 0 saturated carbocycles. The van der Waals surface area contributed by atoms with Crippen molar-refractivity contribution in [2.45, 2.75) is 25.7 Å². The minimum absolute atomic E-state index is 0.199. The third-order valence-corrected chi connectivity index (χ3v) is 3.62. The predicted octanol–water partition coefficient (Wildman–Crippen LogP) is 4.19. The fourth-order valence-electron chi connectivity index (χ4n) is 2.36. The molecule has 0 radical (unpaired) electrons. The highest BCUT2D eigenvalue weighted by atomic mass is 16.5. The molecule has 122 valence electrons. The monoisotopic (exact) mass is 314 g/mol. The molecule has 0 aliphatic heterocycles. The average Bonchev–Trinajstić information content (AvgIpc) is 2.58. The topological polar surface area (TPSA) is 55.8 Å². The van der Waals surface area contributed by atoms with Crippen LogP contribution in [-0.4, -0.2) is 24.8 Å². The zero-order chi connectivity index (χ0) is 16.5. The highest BCUT2D eigenvalue weighted by Crippen LogP contribution is 2.28. The lowest BCUT2D eigenvalue weighted by atomic mass is 10.1. The van der Waals surface area contributed by atoms with E-state index in [9.17, 15) is 4.79 Å². The Kier molecular flexibility index (Phi) is 6.48. The minimum atomic E-state index is -0.972. The van der Waals surface area contributed by atoms with Gasteiger partial charge in [0.05, 0.1) is 19.3 Å². The van der Waals surface area contributed by atoms with Gasteiger partial charge in [-0.05, 0) is 49.4 Å². The maximum Gasteiger partial charge on any atom is 0.335 e. The van der Waals surface area contributed by atoms with Gasteiger partial charge < -0.3 is 14.6 Å². The predicted molar refractivity (Wildman–Crippen MR) is 89.4 cm³/mol. The first-order chi connectivity index (χ1) is 11.2. The molecule has 4 nitrogen and oxygen atoms in total. The Labute approximate surface area is 136 Å². The molecule has 0 spiro atoms. The van der Waals surface area contributed by atoms with Crippen molar-refractivity contribution < 1.29 is 19.4 Å². The lowest BCUT2D eigenvalue weighted by Gasteiger charge is -2.11. The number of carbonyl (C=O) groups is 1. The van der Waals surface area contributed by atoms with Gasteiger partial charge in [-0.25, -0.2) is 4.79 Å². The zero-order valence-corrected chi connectivity index (χ0v) is 13.3. The van der Waals surface area contributed by atoms with Gasteiger partial charge in [0.15, 0.2) is 11.5 Å². The molecule has 0 aromatic heterocycles. The van der Waals surface area contributed by atoms with Gasteiger partial charge in [-0.2, -0.15) is 0 Å². The number of aryl methyl sites for hydroxylation is 1. The smallest absolute Gasteiger partial charge is 0.335 e. The third-order valence-electron chi connectivity index (χ3n) is 3.62. The summed E-state index contributed by atoms with van der Waals surface area (Å²) in [4.78, 5) is 11.0. The minimum Gasteiger partial charge on any atom is -0.493 e. The Balaban J connectivity index is 1.75. The van der Waals surface area contributed by atoms with E-state index in [1.165, 1.54) is 17.7 Å². The van der Waals surface area contributed by atoms with Gasteiger partial charge in [-0.3, -0.25) is 0 Å². The Morgan fingerprint density at radius 1 is 1.00 bits per heavy atom. The summed E-state index contributed by atoms with van der Waals surface area (Å²) in [5.41, 5.74) is 1.55. The molecule has 0 amide bonds. The number of hydrogen-bond donors (Lipinski definition) is 1. The van der Waals surface area contributed by atoms with Crippen molar-refractivity contribution in [1.82, 2.24) is 0 Å². The lowest BCUT2D eigenvalue weighted by molar-refractivity contribution is 0.0696. The fourth-order valence-corrected chi connectivity index (χ4v) is 2.36. The third kappa shape index (κ3) is 5.33. The van der Waals surface area contributed by atoms with Gasteiger partial charge in [0.1, 0.15) is 0 Å². The van der Waals surface area contributed by atoms with Crippen molar-refractivity contribution in [1.29, 1.82) is 0 Å². The number of ether oxygens (including phenoxy) is 2. The van der Waals surface area contributed by atoms with Crippen LogP contribution in [0.2, 0.25) is 0 Å². The van der Waals surface area contributed by atoms with Crippen LogP contribution in [0.15, 0.2) is 48.5 Å². The molecule has 0 unspecified atom stereocenters. The van der Waals surface area contributed by atoms with Crippen LogP contribution in [0.25, 0.3) is 0 Å². The second-order valence-corrected chi connectivity index (χ2v) is 5.32. The van der Waals surface area contributed by atoms with E-state index >= 15 is 0 Å². The molecule has 1 N–H and O–H groups in total. The van der Waals surface area contributed by atoms with E-state index < -0.39 is 5.97 Å². The summed E-state index contributed by atoms with van der Waals surface area (Å²) in [7, 11) is 1.54. The van der Waals surface area contributed by atoms with Gasteiger partial charge in [0.2, 0.25) is 0 Å². The van der Waals surface area contributed by atoms with Gasteiger partial charge in [-0.1, -0.05) is 30.3 Å². The van der Waals surface area contributed by atoms with Crippen molar-refractivity contribution >= 4 is 5.97 Å². The van der Waals surface area contributed by atoms with Crippen LogP contribution in [0, 0.1) is 0 Å². The SMILES string of the molecule is COc1ccc(C(=O)O)cc1OCCCCCc1ccccc1. The molecule has 0 atom stereocenters. The van der Waals surface area contributed by atoms with Crippen molar-refractivity contribution in [3.63, 3.8) is 0 Å². The maximum atomic E-state index is 11.0. The average molecular weight is 314 g/mol. The summed E-state index contributed by atoms with van der Waals surface area (Å²) >= 11 is 0. The Hall–Kier alpha value is -2.49. The number of aromatic carboxylic acids is 1. The van der Waals surface area contributed by atoms with Crippen LogP contribution < -0.4 is 9.47 Å². The first-order valence-corrected chi connectivity index (χ1v) is 7.79. The van der Waals surface area contributed by atoms with E-state index in [-0.39, 0.29) is 5.56 Å². The quantitative estimate of drug-likeness (QED) is 0.705. The van der Waals surface area contributed by atoms with Crippen LogP contribution in [-0.2, 0) is 6.42 Å². The van der Waals surface area contributed by atoms with Crippen molar-refractivity contribution in [2.75, 3.05) is 13.7 Å². The molecule has 2 aromatic rings. The van der Waals surface area contributed by atoms with E-state index in [4.69, 9.17) is 14.6 Å². The van der Waals surface area contributed by atoms with E-state index in [0.717, 1.165) is 25.7 Å². The summed E-state index contributed by atoms with van der Waals surface area (Å²) < 4.78 is 10.9. The molecule has 0 bridgehead atoms. The Bertz CT molecular complexity index is 623. The normalized spacial score (nSPS) is 10.3. The highest BCUT2D eigenvalue weighted by Gasteiger charge is 2.09. The molecule has 0 heterocycles. The molecule has 0 aliphatic rings. The van der Waals surface area contributed by atoms with Crippen molar-refractivity contribution in [3.05, 3.63) is 59.7 Å². The van der Waals surface area contributed by atoms with Crippen LogP contribution in [0.4, 0.5) is 0 Å². The zero-order valence-electron chi connectivity index (χ0n) is 13.3. The Morgan fingerprint density at radius 3 is 2.48 bits per heavy atom. The van der Waals surface area contributed by atoms with Crippen molar-refractivity contribution in [3.8, 4) is 11.5 Å². The molecule has 2 aromatic carbocycles. The molecule has 2 rings (SSSR count). The van der Waals surface area contributed by atoms with Gasteiger partial charge in [-0.15, -0.1) is 0 Å². The van der Waals surface area contributed by atoms with E-state index in [2.05, 4.69) is 24.3 Å². The number of rotatable bonds is 9. The maximum absolute atomic E-state index is 11.0. The van der Waals surface area contributed by atoms with Gasteiger partial charge in [0.25, 0.3) is 0 Å². The van der Waals surface area contributed by atoms with E-state index in [1.54, 1.807) is 13.2 Å². The molecular formula is C19H22O4. The number of hydrogen-bond acceptors (Lipinski definition) is 3. The summed E-state index contributed by atoms with van der Waals surface area (Å²) in [5.74, 6) is 0.0649. The number of carboxylic acid groups (broad SMARTS) is 1. The fraction of sp³-hybridized carbons (Fsp3) is 0.316. The first kappa shape index (κ1) is 16.9.